The van der Waals surface area contributed by atoms with Crippen LogP contribution in [0.4, 0.5) is 4.39 Å². The van der Waals surface area contributed by atoms with Gasteiger partial charge in [0.25, 0.3) is 0 Å². The number of hydrogen-bond acceptors (Lipinski definition) is 4. The van der Waals surface area contributed by atoms with Gasteiger partial charge in [-0.05, 0) is 108 Å². The van der Waals surface area contributed by atoms with Crippen LogP contribution in [0.5, 0.6) is 11.5 Å². The number of allylic oxidation sites excluding steroid dienone is 2. The lowest BCUT2D eigenvalue weighted by Gasteiger charge is -2.17. The van der Waals surface area contributed by atoms with Crippen molar-refractivity contribution in [1.82, 2.24) is 0 Å². The second kappa shape index (κ2) is 11.2. The van der Waals surface area contributed by atoms with Gasteiger partial charge in [0.05, 0.1) is 20.6 Å². The molecule has 192 valence electrons. The molecule has 2 aliphatic carbocycles. The molecular formula is C32H33FO4. The van der Waals surface area contributed by atoms with E-state index in [0.29, 0.717) is 30.3 Å². The molecule has 0 radical (unpaired) electrons. The third-order valence-corrected chi connectivity index (χ3v) is 7.43. The van der Waals surface area contributed by atoms with Crippen LogP contribution >= 0.6 is 0 Å². The summed E-state index contributed by atoms with van der Waals surface area (Å²) in [5, 5.41) is 0. The van der Waals surface area contributed by atoms with E-state index in [4.69, 9.17) is 14.2 Å². The molecule has 0 aromatic heterocycles. The van der Waals surface area contributed by atoms with E-state index in [-0.39, 0.29) is 17.7 Å². The predicted molar refractivity (Wildman–Crippen MR) is 143 cm³/mol. The van der Waals surface area contributed by atoms with E-state index in [1.165, 1.54) is 18.7 Å². The number of hydrogen-bond donors (Lipinski definition) is 0. The van der Waals surface area contributed by atoms with Gasteiger partial charge in [0.1, 0.15) is 23.9 Å². The zero-order valence-electron chi connectivity index (χ0n) is 21.5. The zero-order valence-corrected chi connectivity index (χ0v) is 21.5. The Labute approximate surface area is 218 Å². The molecule has 1 saturated carbocycles. The summed E-state index contributed by atoms with van der Waals surface area (Å²) in [4.78, 5) is 12.0. The van der Waals surface area contributed by atoms with Crippen LogP contribution in [0.2, 0.25) is 0 Å². The summed E-state index contributed by atoms with van der Waals surface area (Å²) in [5.41, 5.74) is 5.84. The van der Waals surface area contributed by atoms with Crippen LogP contribution in [-0.2, 0) is 16.1 Å². The van der Waals surface area contributed by atoms with E-state index in [9.17, 15) is 9.18 Å². The first-order chi connectivity index (χ1) is 18.1. The van der Waals surface area contributed by atoms with Crippen molar-refractivity contribution in [3.8, 4) is 22.6 Å². The molecule has 1 fully saturated rings. The Bertz CT molecular complexity index is 1310. The summed E-state index contributed by atoms with van der Waals surface area (Å²) in [6.07, 6.45) is 8.06. The highest BCUT2D eigenvalue weighted by Gasteiger charge is 2.34. The van der Waals surface area contributed by atoms with Gasteiger partial charge in [0.15, 0.2) is 0 Å². The monoisotopic (exact) mass is 500 g/mol. The maximum Gasteiger partial charge on any atom is 0.306 e. The van der Waals surface area contributed by atoms with Crippen molar-refractivity contribution in [1.29, 1.82) is 0 Å². The fourth-order valence-electron chi connectivity index (χ4n) is 5.25. The second-order valence-corrected chi connectivity index (χ2v) is 9.93. The van der Waals surface area contributed by atoms with Crippen LogP contribution in [-0.4, -0.2) is 20.2 Å². The summed E-state index contributed by atoms with van der Waals surface area (Å²) < 4.78 is 31.4. The van der Waals surface area contributed by atoms with Gasteiger partial charge in [-0.25, -0.2) is 4.39 Å². The molecule has 3 aromatic rings. The maximum absolute atomic E-state index is 14.9. The van der Waals surface area contributed by atoms with Crippen molar-refractivity contribution < 1.29 is 23.4 Å². The molecule has 4 nitrogen and oxygen atoms in total. The minimum atomic E-state index is -0.265. The molecule has 5 heteroatoms. The fraction of sp³-hybridized carbons (Fsp3) is 0.344. The third-order valence-electron chi connectivity index (χ3n) is 7.43. The normalized spacial score (nSPS) is 15.7. The Morgan fingerprint density at radius 1 is 0.973 bits per heavy atom. The van der Waals surface area contributed by atoms with E-state index in [0.717, 1.165) is 60.1 Å². The summed E-state index contributed by atoms with van der Waals surface area (Å²) in [6, 6.07) is 19.0. The molecule has 37 heavy (non-hydrogen) atoms. The third kappa shape index (κ3) is 5.87. The number of esters is 1. The van der Waals surface area contributed by atoms with Crippen LogP contribution in [0.1, 0.15) is 61.1 Å². The van der Waals surface area contributed by atoms with Crippen molar-refractivity contribution in [2.45, 2.75) is 51.0 Å². The van der Waals surface area contributed by atoms with Crippen molar-refractivity contribution in [2.24, 2.45) is 5.92 Å². The number of halogens is 1. The second-order valence-electron chi connectivity index (χ2n) is 9.93. The lowest BCUT2D eigenvalue weighted by atomic mass is 9.91. The van der Waals surface area contributed by atoms with Gasteiger partial charge < -0.3 is 14.2 Å². The van der Waals surface area contributed by atoms with Gasteiger partial charge in [0, 0.05) is 5.56 Å². The minimum absolute atomic E-state index is 0.161. The number of carbonyl (C=O) groups excluding carboxylic acids is 1. The Balaban J connectivity index is 1.38. The predicted octanol–water partition coefficient (Wildman–Crippen LogP) is 7.70. The number of benzene rings is 3. The molecule has 5 rings (SSSR count). The number of carbonyl (C=O) groups is 1. The molecule has 0 unspecified atom stereocenters. The average Bonchev–Trinajstić information content (AvgIpc) is 3.63. The fourth-order valence-corrected chi connectivity index (χ4v) is 5.25. The minimum Gasteiger partial charge on any atom is -0.497 e. The van der Waals surface area contributed by atoms with Gasteiger partial charge in [-0.15, -0.1) is 0 Å². The standard InChI is InChI=1S/C32H33FO4/c1-35-25-13-15-31(33)30(18-25)27-14-10-21(16-29(27)22-6-3-4-7-22)20-37-26-9-5-8-24(17-26)28(23-11-12-23)19-32(34)36-2/h5-6,8-10,13-18,23,28H,3-4,7,11-12,19-20H2,1-2H3/t28-/m0/s1. The molecule has 3 aromatic carbocycles. The Hall–Kier alpha value is -3.60. The number of ether oxygens (including phenoxy) is 3. The molecule has 0 amide bonds. The van der Waals surface area contributed by atoms with Gasteiger partial charge in [-0.1, -0.05) is 30.3 Å². The Morgan fingerprint density at radius 3 is 2.57 bits per heavy atom. The highest BCUT2D eigenvalue weighted by molar-refractivity contribution is 5.83. The van der Waals surface area contributed by atoms with E-state index in [1.54, 1.807) is 19.2 Å². The maximum atomic E-state index is 14.9. The van der Waals surface area contributed by atoms with Gasteiger partial charge in [-0.3, -0.25) is 4.79 Å². The first-order valence-corrected chi connectivity index (χ1v) is 13.0. The highest BCUT2D eigenvalue weighted by atomic mass is 19.1. The first-order valence-electron chi connectivity index (χ1n) is 13.0. The Morgan fingerprint density at radius 2 is 1.84 bits per heavy atom. The summed E-state index contributed by atoms with van der Waals surface area (Å²) >= 11 is 0. The molecule has 0 spiro atoms. The average molecular weight is 501 g/mol. The summed E-state index contributed by atoms with van der Waals surface area (Å²) in [6.45, 7) is 0.399. The van der Waals surface area contributed by atoms with Crippen LogP contribution in [0.25, 0.3) is 16.7 Å². The number of methoxy groups -OCH3 is 2. The van der Waals surface area contributed by atoms with Crippen LogP contribution < -0.4 is 9.47 Å². The van der Waals surface area contributed by atoms with Crippen LogP contribution in [0.3, 0.4) is 0 Å². The summed E-state index contributed by atoms with van der Waals surface area (Å²) in [5.74, 6) is 1.66. The molecule has 0 bridgehead atoms. The molecule has 0 aliphatic heterocycles. The zero-order chi connectivity index (χ0) is 25.8. The van der Waals surface area contributed by atoms with E-state index < -0.39 is 0 Å². The van der Waals surface area contributed by atoms with Crippen LogP contribution in [0, 0.1) is 11.7 Å². The quantitative estimate of drug-likeness (QED) is 0.268. The van der Waals surface area contributed by atoms with Crippen molar-refractivity contribution in [3.05, 3.63) is 89.2 Å². The summed E-state index contributed by atoms with van der Waals surface area (Å²) in [7, 11) is 3.03. The molecule has 0 heterocycles. The molecule has 1 atom stereocenters. The van der Waals surface area contributed by atoms with E-state index in [1.807, 2.05) is 30.3 Å². The largest absolute Gasteiger partial charge is 0.497 e. The lowest BCUT2D eigenvalue weighted by molar-refractivity contribution is -0.141. The van der Waals surface area contributed by atoms with Crippen molar-refractivity contribution >= 4 is 11.5 Å². The van der Waals surface area contributed by atoms with Crippen LogP contribution in [0.15, 0.2) is 66.7 Å². The highest BCUT2D eigenvalue weighted by Crippen LogP contribution is 2.45. The van der Waals surface area contributed by atoms with Crippen molar-refractivity contribution in [2.75, 3.05) is 14.2 Å². The van der Waals surface area contributed by atoms with E-state index in [2.05, 4.69) is 18.2 Å². The van der Waals surface area contributed by atoms with E-state index >= 15 is 0 Å². The van der Waals surface area contributed by atoms with Crippen molar-refractivity contribution in [3.63, 3.8) is 0 Å². The molecule has 2 aliphatic rings. The lowest BCUT2D eigenvalue weighted by Crippen LogP contribution is -2.10. The smallest absolute Gasteiger partial charge is 0.306 e. The Kier molecular flexibility index (Phi) is 7.59. The SMILES string of the molecule is COC(=O)C[C@H](c1cccc(OCc2ccc(-c3cc(OC)ccc3F)c(C3=CCCC3)c2)c1)C1CC1. The van der Waals surface area contributed by atoms with Gasteiger partial charge in [-0.2, -0.15) is 0 Å². The molecule has 0 saturated heterocycles. The molecule has 0 N–H and O–H groups in total. The van der Waals surface area contributed by atoms with Gasteiger partial charge in [0.2, 0.25) is 0 Å². The topological polar surface area (TPSA) is 44.8 Å². The van der Waals surface area contributed by atoms with Gasteiger partial charge >= 0.3 is 5.97 Å². The first kappa shape index (κ1) is 25.1. The molecular weight excluding hydrogens is 467 g/mol. The number of rotatable bonds is 10.